The summed E-state index contributed by atoms with van der Waals surface area (Å²) < 4.78 is 10.8. The summed E-state index contributed by atoms with van der Waals surface area (Å²) in [4.78, 5) is 11.2. The number of nitrogens with zero attached hydrogens (tertiary/aromatic N) is 4. The van der Waals surface area contributed by atoms with Crippen LogP contribution in [0, 0.1) is 5.92 Å². The third-order valence-corrected chi connectivity index (χ3v) is 5.06. The molecule has 160 valence electrons. The van der Waals surface area contributed by atoms with Crippen molar-refractivity contribution in [2.24, 2.45) is 10.9 Å². The molecule has 1 aliphatic heterocycles. The summed E-state index contributed by atoms with van der Waals surface area (Å²) in [6, 6.07) is 7.39. The van der Waals surface area contributed by atoms with Gasteiger partial charge in [0.15, 0.2) is 5.96 Å². The van der Waals surface area contributed by atoms with E-state index < -0.39 is 0 Å². The van der Waals surface area contributed by atoms with Crippen LogP contribution in [0.15, 0.2) is 33.8 Å². The maximum Gasteiger partial charge on any atom is 0.248 e. The molecule has 1 aromatic carbocycles. The number of guanidine groups is 1. The first-order valence-corrected chi connectivity index (χ1v) is 10.2. The van der Waals surface area contributed by atoms with Gasteiger partial charge in [-0.2, -0.15) is 4.98 Å². The molecule has 9 heteroatoms. The average molecular weight is 534 g/mol. The topological polar surface area (TPSA) is 75.8 Å². The summed E-state index contributed by atoms with van der Waals surface area (Å²) in [5.74, 6) is 2.57. The van der Waals surface area contributed by atoms with E-state index in [1.165, 1.54) is 0 Å². The second-order valence-corrected chi connectivity index (χ2v) is 7.39. The van der Waals surface area contributed by atoms with Crippen molar-refractivity contribution in [3.05, 3.63) is 35.2 Å². The van der Waals surface area contributed by atoms with Crippen LogP contribution in [-0.4, -0.2) is 54.4 Å². The van der Waals surface area contributed by atoms with Gasteiger partial charge in [0.1, 0.15) is 6.54 Å². The Morgan fingerprint density at radius 3 is 2.86 bits per heavy atom. The number of benzene rings is 1. The fraction of sp³-hybridized carbons (Fsp3) is 0.550. The largest absolute Gasteiger partial charge is 0.381 e. The van der Waals surface area contributed by atoms with Gasteiger partial charge in [0.25, 0.3) is 0 Å². The molecule has 29 heavy (non-hydrogen) atoms. The van der Waals surface area contributed by atoms with E-state index >= 15 is 0 Å². The Morgan fingerprint density at radius 1 is 1.34 bits per heavy atom. The minimum absolute atomic E-state index is 0. The summed E-state index contributed by atoms with van der Waals surface area (Å²) in [6.45, 7) is 5.92. The van der Waals surface area contributed by atoms with E-state index in [0.29, 0.717) is 23.3 Å². The number of aromatic nitrogens is 2. The van der Waals surface area contributed by atoms with Crippen LogP contribution < -0.4 is 5.32 Å². The Labute approximate surface area is 194 Å². The Kier molecular flexibility index (Phi) is 10.2. The van der Waals surface area contributed by atoms with Crippen molar-refractivity contribution in [2.45, 2.75) is 32.7 Å². The molecule has 2 aromatic rings. The molecule has 0 atom stereocenters. The van der Waals surface area contributed by atoms with Crippen molar-refractivity contribution in [2.75, 3.05) is 33.4 Å². The normalized spacial score (nSPS) is 15.1. The molecule has 3 rings (SSSR count). The molecule has 0 amide bonds. The molecule has 1 saturated heterocycles. The molecule has 0 unspecified atom stereocenters. The first-order chi connectivity index (χ1) is 13.7. The van der Waals surface area contributed by atoms with E-state index in [1.807, 2.05) is 24.3 Å². The van der Waals surface area contributed by atoms with Crippen LogP contribution in [0.4, 0.5) is 0 Å². The molecule has 1 N–H and O–H groups in total. The smallest absolute Gasteiger partial charge is 0.248 e. The highest BCUT2D eigenvalue weighted by atomic mass is 127. The van der Waals surface area contributed by atoms with Crippen LogP contribution in [0.3, 0.4) is 0 Å². The van der Waals surface area contributed by atoms with Gasteiger partial charge >= 0.3 is 0 Å². The zero-order valence-electron chi connectivity index (χ0n) is 16.9. The maximum atomic E-state index is 6.03. The third-order valence-electron chi connectivity index (χ3n) is 4.83. The lowest BCUT2D eigenvalue weighted by atomic mass is 9.96. The zero-order valence-corrected chi connectivity index (χ0v) is 20.0. The molecule has 0 aliphatic carbocycles. The number of rotatable bonds is 7. The van der Waals surface area contributed by atoms with E-state index in [1.54, 1.807) is 0 Å². The molecule has 0 radical (unpaired) electrons. The number of ether oxygens (including phenoxy) is 1. The van der Waals surface area contributed by atoms with Crippen LogP contribution in [0.25, 0.3) is 11.4 Å². The molecule has 7 nitrogen and oxygen atoms in total. The fourth-order valence-electron chi connectivity index (χ4n) is 3.19. The molecule has 0 bridgehead atoms. The van der Waals surface area contributed by atoms with Gasteiger partial charge in [0.05, 0.1) is 0 Å². The Morgan fingerprint density at radius 2 is 2.14 bits per heavy atom. The second kappa shape index (κ2) is 12.3. The maximum absolute atomic E-state index is 6.03. The van der Waals surface area contributed by atoms with Crippen LogP contribution in [0.5, 0.6) is 0 Å². The van der Waals surface area contributed by atoms with Gasteiger partial charge in [-0.25, -0.2) is 4.99 Å². The number of nitrogens with one attached hydrogen (secondary N) is 1. The van der Waals surface area contributed by atoms with E-state index in [4.69, 9.17) is 20.9 Å². The minimum atomic E-state index is 0. The Hall–Kier alpha value is -1.39. The lowest BCUT2D eigenvalue weighted by molar-refractivity contribution is 0.0625. The zero-order chi connectivity index (χ0) is 19.8. The highest BCUT2D eigenvalue weighted by Crippen LogP contribution is 2.20. The van der Waals surface area contributed by atoms with Crippen molar-refractivity contribution >= 4 is 41.5 Å². The van der Waals surface area contributed by atoms with Crippen molar-refractivity contribution in [3.8, 4) is 11.4 Å². The van der Waals surface area contributed by atoms with Crippen molar-refractivity contribution in [1.82, 2.24) is 20.4 Å². The van der Waals surface area contributed by atoms with Gasteiger partial charge in [-0.3, -0.25) is 0 Å². The van der Waals surface area contributed by atoms with E-state index in [9.17, 15) is 0 Å². The predicted octanol–water partition coefficient (Wildman–Crippen LogP) is 4.22. The van der Waals surface area contributed by atoms with Gasteiger partial charge in [0.2, 0.25) is 11.7 Å². The van der Waals surface area contributed by atoms with Crippen molar-refractivity contribution in [1.29, 1.82) is 0 Å². The Balaban J connectivity index is 0.00000300. The standard InChI is InChI=1S/C20H28ClN5O2.HI/c1-3-22-20(26(2)10-7-15-8-11-27-12-9-15)23-14-18-24-19(25-28-18)16-5-4-6-17(21)13-16;/h4-6,13,15H,3,7-12,14H2,1-2H3,(H,22,23);1H. The van der Waals surface area contributed by atoms with Crippen molar-refractivity contribution in [3.63, 3.8) is 0 Å². The highest BCUT2D eigenvalue weighted by molar-refractivity contribution is 14.0. The number of aliphatic imine (C=N–C) groups is 1. The third kappa shape index (κ3) is 7.42. The number of halogens is 2. The summed E-state index contributed by atoms with van der Waals surface area (Å²) in [6.07, 6.45) is 3.44. The van der Waals surface area contributed by atoms with Gasteiger partial charge in [-0.1, -0.05) is 28.9 Å². The van der Waals surface area contributed by atoms with Gasteiger partial charge in [-0.05, 0) is 44.2 Å². The van der Waals surface area contributed by atoms with Crippen LogP contribution >= 0.6 is 35.6 Å². The van der Waals surface area contributed by atoms with Gasteiger partial charge < -0.3 is 19.5 Å². The summed E-state index contributed by atoms with van der Waals surface area (Å²) in [5.41, 5.74) is 0.826. The van der Waals surface area contributed by atoms with E-state index in [-0.39, 0.29) is 24.0 Å². The quantitative estimate of drug-likeness (QED) is 0.326. The molecule has 0 spiro atoms. The highest BCUT2D eigenvalue weighted by Gasteiger charge is 2.16. The molecule has 0 saturated carbocycles. The van der Waals surface area contributed by atoms with E-state index in [0.717, 1.165) is 63.0 Å². The average Bonchev–Trinajstić information content (AvgIpc) is 3.19. The molecular weight excluding hydrogens is 505 g/mol. The predicted molar refractivity (Wildman–Crippen MR) is 126 cm³/mol. The second-order valence-electron chi connectivity index (χ2n) is 6.96. The molecule has 1 fully saturated rings. The molecule has 2 heterocycles. The summed E-state index contributed by atoms with van der Waals surface area (Å²) in [7, 11) is 2.06. The number of hydrogen-bond donors (Lipinski definition) is 1. The monoisotopic (exact) mass is 533 g/mol. The molecular formula is C20H29ClIN5O2. The first-order valence-electron chi connectivity index (χ1n) is 9.81. The Bertz CT molecular complexity index is 780. The minimum Gasteiger partial charge on any atom is -0.381 e. The summed E-state index contributed by atoms with van der Waals surface area (Å²) >= 11 is 6.03. The fourth-order valence-corrected chi connectivity index (χ4v) is 3.38. The first kappa shape index (κ1) is 23.9. The molecule has 1 aromatic heterocycles. The van der Waals surface area contributed by atoms with Crippen LogP contribution in [0.1, 0.15) is 32.1 Å². The van der Waals surface area contributed by atoms with Crippen LogP contribution in [-0.2, 0) is 11.3 Å². The molecule has 1 aliphatic rings. The van der Waals surface area contributed by atoms with E-state index in [2.05, 4.69) is 39.3 Å². The lowest BCUT2D eigenvalue weighted by Crippen LogP contribution is -2.40. The van der Waals surface area contributed by atoms with Crippen molar-refractivity contribution < 1.29 is 9.26 Å². The number of hydrogen-bond acceptors (Lipinski definition) is 5. The van der Waals surface area contributed by atoms with Gasteiger partial charge in [0, 0.05) is 43.9 Å². The van der Waals surface area contributed by atoms with Gasteiger partial charge in [-0.15, -0.1) is 24.0 Å². The SMILES string of the molecule is CCNC(=NCc1nc(-c2cccc(Cl)c2)no1)N(C)CCC1CCOCC1.I. The lowest BCUT2D eigenvalue weighted by Gasteiger charge is -2.26. The summed E-state index contributed by atoms with van der Waals surface area (Å²) in [5, 5.41) is 8.01. The van der Waals surface area contributed by atoms with Crippen LogP contribution in [0.2, 0.25) is 5.02 Å².